The maximum Gasteiger partial charge on any atom is 0.237 e. The van der Waals surface area contributed by atoms with Crippen LogP contribution in [-0.4, -0.2) is 18.2 Å². The van der Waals surface area contributed by atoms with E-state index < -0.39 is 11.6 Å². The van der Waals surface area contributed by atoms with Crippen LogP contribution in [0.1, 0.15) is 46.9 Å². The number of ether oxygens (including phenoxy) is 1. The van der Waals surface area contributed by atoms with E-state index in [4.69, 9.17) is 4.74 Å². The van der Waals surface area contributed by atoms with Crippen LogP contribution in [0.15, 0.2) is 54.6 Å². The van der Waals surface area contributed by atoms with Gasteiger partial charge >= 0.3 is 0 Å². The van der Waals surface area contributed by atoms with Gasteiger partial charge in [0.1, 0.15) is 5.75 Å². The Bertz CT molecular complexity index is 632. The Hall–Kier alpha value is -2.42. The van der Waals surface area contributed by atoms with Gasteiger partial charge in [-0.3, -0.25) is 9.59 Å². The van der Waals surface area contributed by atoms with Gasteiger partial charge in [0.05, 0.1) is 12.2 Å². The van der Waals surface area contributed by atoms with Crippen LogP contribution >= 0.6 is 0 Å². The highest BCUT2D eigenvalue weighted by Gasteiger charge is 2.21. The summed E-state index contributed by atoms with van der Waals surface area (Å²) in [6.45, 7) is 2.67. The number of benzene rings is 2. The van der Waals surface area contributed by atoms with Gasteiger partial charge in [0.2, 0.25) is 11.6 Å². The minimum absolute atomic E-state index is 0.327. The van der Waals surface area contributed by atoms with Crippen molar-refractivity contribution in [1.29, 1.82) is 0 Å². The lowest BCUT2D eigenvalue weighted by molar-refractivity contribution is 0.0814. The second-order valence-electron chi connectivity index (χ2n) is 5.08. The van der Waals surface area contributed by atoms with Gasteiger partial charge < -0.3 is 4.74 Å². The molecule has 0 fully saturated rings. The second kappa shape index (κ2) is 8.13. The average Bonchev–Trinajstić information content (AvgIpc) is 2.58. The van der Waals surface area contributed by atoms with Crippen LogP contribution in [-0.2, 0) is 0 Å². The smallest absolute Gasteiger partial charge is 0.237 e. The van der Waals surface area contributed by atoms with Crippen molar-refractivity contribution in [2.45, 2.75) is 26.2 Å². The third kappa shape index (κ3) is 4.04. The van der Waals surface area contributed by atoms with Crippen LogP contribution in [0.4, 0.5) is 0 Å². The maximum atomic E-state index is 12.4. The Balaban J connectivity index is 2.14. The van der Waals surface area contributed by atoms with Crippen LogP contribution in [0.5, 0.6) is 5.75 Å². The Morgan fingerprint density at radius 2 is 1.55 bits per heavy atom. The van der Waals surface area contributed by atoms with E-state index in [0.717, 1.165) is 19.3 Å². The van der Waals surface area contributed by atoms with Crippen molar-refractivity contribution >= 4 is 11.6 Å². The summed E-state index contributed by atoms with van der Waals surface area (Å²) in [6.07, 6.45) is 3.13. The van der Waals surface area contributed by atoms with Crippen molar-refractivity contribution in [3.63, 3.8) is 0 Å². The molecule has 3 heteroatoms. The molecule has 114 valence electrons. The third-order valence-electron chi connectivity index (χ3n) is 3.38. The Morgan fingerprint density at radius 3 is 2.27 bits per heavy atom. The van der Waals surface area contributed by atoms with Crippen molar-refractivity contribution < 1.29 is 14.3 Å². The summed E-state index contributed by atoms with van der Waals surface area (Å²) < 4.78 is 5.67. The molecule has 0 aliphatic heterocycles. The van der Waals surface area contributed by atoms with Crippen LogP contribution in [0.2, 0.25) is 0 Å². The summed E-state index contributed by atoms with van der Waals surface area (Å²) in [7, 11) is 0. The molecule has 0 aliphatic rings. The highest BCUT2D eigenvalue weighted by atomic mass is 16.5. The molecule has 0 saturated heterocycles. The monoisotopic (exact) mass is 296 g/mol. The van der Waals surface area contributed by atoms with Crippen LogP contribution in [0.3, 0.4) is 0 Å². The van der Waals surface area contributed by atoms with E-state index in [0.29, 0.717) is 23.5 Å². The Morgan fingerprint density at radius 1 is 0.864 bits per heavy atom. The lowest BCUT2D eigenvalue weighted by Crippen LogP contribution is -2.16. The summed E-state index contributed by atoms with van der Waals surface area (Å²) in [5.41, 5.74) is 0.723. The number of carbonyl (C=O) groups is 2. The van der Waals surface area contributed by atoms with Crippen molar-refractivity contribution in [2.24, 2.45) is 0 Å². The zero-order valence-corrected chi connectivity index (χ0v) is 12.7. The summed E-state index contributed by atoms with van der Waals surface area (Å²) >= 11 is 0. The molecule has 2 aromatic rings. The summed E-state index contributed by atoms with van der Waals surface area (Å²) in [5, 5.41) is 0. The fourth-order valence-corrected chi connectivity index (χ4v) is 2.16. The highest BCUT2D eigenvalue weighted by Crippen LogP contribution is 2.20. The van der Waals surface area contributed by atoms with Gasteiger partial charge in [-0.15, -0.1) is 0 Å². The molecule has 0 heterocycles. The molecule has 2 aromatic carbocycles. The number of carbonyl (C=O) groups excluding carboxylic acids is 2. The average molecular weight is 296 g/mol. The van der Waals surface area contributed by atoms with Crippen molar-refractivity contribution in [1.82, 2.24) is 0 Å². The van der Waals surface area contributed by atoms with E-state index in [1.54, 1.807) is 48.5 Å². The summed E-state index contributed by atoms with van der Waals surface area (Å²) in [6, 6.07) is 15.5. The Kier molecular flexibility index (Phi) is 5.90. The normalized spacial score (nSPS) is 10.2. The number of rotatable bonds is 8. The van der Waals surface area contributed by atoms with Crippen molar-refractivity contribution in [3.05, 3.63) is 65.7 Å². The molecule has 0 atom stereocenters. The van der Waals surface area contributed by atoms with Gasteiger partial charge in [0, 0.05) is 5.56 Å². The zero-order chi connectivity index (χ0) is 15.8. The topological polar surface area (TPSA) is 43.4 Å². The number of hydrogen-bond acceptors (Lipinski definition) is 3. The number of Topliss-reactive ketones (excluding diaryl/α,β-unsaturated/α-hetero) is 2. The molecule has 0 amide bonds. The molecular weight excluding hydrogens is 276 g/mol. The zero-order valence-electron chi connectivity index (χ0n) is 12.7. The standard InChI is InChI=1S/C19H20O3/c1-2-3-9-14-22-17-13-8-7-12-16(17)19(21)18(20)15-10-5-4-6-11-15/h4-8,10-13H,2-3,9,14H2,1H3. The quantitative estimate of drug-likeness (QED) is 0.414. The molecule has 0 bridgehead atoms. The number of unbranched alkanes of at least 4 members (excludes halogenated alkanes) is 2. The van der Waals surface area contributed by atoms with E-state index in [9.17, 15) is 9.59 Å². The molecule has 0 unspecified atom stereocenters. The van der Waals surface area contributed by atoms with Gasteiger partial charge in [-0.25, -0.2) is 0 Å². The van der Waals surface area contributed by atoms with E-state index in [-0.39, 0.29) is 0 Å². The van der Waals surface area contributed by atoms with E-state index >= 15 is 0 Å². The molecule has 0 radical (unpaired) electrons. The highest BCUT2D eigenvalue weighted by molar-refractivity contribution is 6.49. The van der Waals surface area contributed by atoms with Crippen LogP contribution in [0, 0.1) is 0 Å². The first-order valence-corrected chi connectivity index (χ1v) is 7.60. The van der Waals surface area contributed by atoms with Gasteiger partial charge in [-0.05, 0) is 18.6 Å². The molecule has 0 N–H and O–H groups in total. The maximum absolute atomic E-state index is 12.4. The molecule has 0 spiro atoms. The number of hydrogen-bond donors (Lipinski definition) is 0. The third-order valence-corrected chi connectivity index (χ3v) is 3.38. The summed E-state index contributed by atoms with van der Waals surface area (Å²) in [4.78, 5) is 24.7. The lowest BCUT2D eigenvalue weighted by Gasteiger charge is -2.10. The first-order valence-electron chi connectivity index (χ1n) is 7.60. The van der Waals surface area contributed by atoms with Crippen molar-refractivity contribution in [3.8, 4) is 5.75 Å². The minimum atomic E-state index is -0.530. The second-order valence-corrected chi connectivity index (χ2v) is 5.08. The molecule has 0 aliphatic carbocycles. The molecule has 0 saturated carbocycles. The minimum Gasteiger partial charge on any atom is -0.493 e. The first kappa shape index (κ1) is 16.0. The van der Waals surface area contributed by atoms with E-state index in [1.807, 2.05) is 6.07 Å². The Labute approximate surface area is 130 Å². The SMILES string of the molecule is CCCCCOc1ccccc1C(=O)C(=O)c1ccccc1. The fourth-order valence-electron chi connectivity index (χ4n) is 2.16. The lowest BCUT2D eigenvalue weighted by atomic mass is 10.0. The largest absolute Gasteiger partial charge is 0.493 e. The molecule has 3 nitrogen and oxygen atoms in total. The van der Waals surface area contributed by atoms with Crippen molar-refractivity contribution in [2.75, 3.05) is 6.61 Å². The van der Waals surface area contributed by atoms with E-state index in [2.05, 4.69) is 6.92 Å². The number of ketones is 2. The molecule has 2 rings (SSSR count). The molecule has 22 heavy (non-hydrogen) atoms. The predicted octanol–water partition coefficient (Wildman–Crippen LogP) is 4.32. The first-order chi connectivity index (χ1) is 10.7. The molecule has 0 aromatic heterocycles. The summed E-state index contributed by atoms with van der Waals surface area (Å²) in [5.74, 6) is -0.560. The van der Waals surface area contributed by atoms with Crippen LogP contribution in [0.25, 0.3) is 0 Å². The predicted molar refractivity (Wildman–Crippen MR) is 86.6 cm³/mol. The van der Waals surface area contributed by atoms with Gasteiger partial charge in [0.25, 0.3) is 0 Å². The molecular formula is C19H20O3. The number of para-hydroxylation sites is 1. The van der Waals surface area contributed by atoms with Gasteiger partial charge in [-0.1, -0.05) is 62.2 Å². The van der Waals surface area contributed by atoms with Gasteiger partial charge in [-0.2, -0.15) is 0 Å². The van der Waals surface area contributed by atoms with Gasteiger partial charge in [0.15, 0.2) is 0 Å². The fraction of sp³-hybridized carbons (Fsp3) is 0.263. The van der Waals surface area contributed by atoms with E-state index in [1.165, 1.54) is 0 Å². The van der Waals surface area contributed by atoms with Crippen LogP contribution < -0.4 is 4.74 Å².